The Hall–Kier alpha value is -3.07. The molecule has 1 unspecified atom stereocenters. The summed E-state index contributed by atoms with van der Waals surface area (Å²) in [5.41, 5.74) is 0.00438. The lowest BCUT2D eigenvalue weighted by Gasteiger charge is -2.18. The third kappa shape index (κ3) is 4.40. The van der Waals surface area contributed by atoms with Crippen molar-refractivity contribution in [1.82, 2.24) is 14.5 Å². The number of nitrogens with one attached hydrogen (secondary N) is 1. The predicted molar refractivity (Wildman–Crippen MR) is 106 cm³/mol. The van der Waals surface area contributed by atoms with E-state index < -0.39 is 23.8 Å². The van der Waals surface area contributed by atoms with E-state index in [1.165, 1.54) is 22.8 Å². The number of alkyl halides is 3. The molecule has 0 spiro atoms. The van der Waals surface area contributed by atoms with E-state index in [-0.39, 0.29) is 30.8 Å². The van der Waals surface area contributed by atoms with Gasteiger partial charge in [0.25, 0.3) is 0 Å². The highest BCUT2D eigenvalue weighted by molar-refractivity contribution is 5.78. The Morgan fingerprint density at radius 2 is 1.67 bits per heavy atom. The van der Waals surface area contributed by atoms with E-state index in [4.69, 9.17) is 0 Å². The van der Waals surface area contributed by atoms with Crippen molar-refractivity contribution in [3.63, 3.8) is 0 Å². The summed E-state index contributed by atoms with van der Waals surface area (Å²) in [6, 6.07) is 11.9. The molecule has 1 aromatic heterocycles. The molecule has 0 aliphatic rings. The van der Waals surface area contributed by atoms with Gasteiger partial charge in [0.15, 0.2) is 0 Å². The van der Waals surface area contributed by atoms with Gasteiger partial charge in [0, 0.05) is 26.1 Å². The Morgan fingerprint density at radius 1 is 1.07 bits per heavy atom. The second-order valence-electron chi connectivity index (χ2n) is 6.82. The highest BCUT2D eigenvalue weighted by Crippen LogP contribution is 2.34. The van der Waals surface area contributed by atoms with Crippen LogP contribution in [0.2, 0.25) is 0 Å². The summed E-state index contributed by atoms with van der Waals surface area (Å²) in [5, 5.41) is 12.6. The Labute approximate surface area is 170 Å². The van der Waals surface area contributed by atoms with Crippen LogP contribution in [0.1, 0.15) is 30.6 Å². The highest BCUT2D eigenvalue weighted by Gasteiger charge is 2.34. The van der Waals surface area contributed by atoms with Gasteiger partial charge in [-0.1, -0.05) is 30.3 Å². The van der Waals surface area contributed by atoms with Crippen molar-refractivity contribution in [1.29, 1.82) is 0 Å². The molecule has 2 aromatic carbocycles. The smallest absolute Gasteiger partial charge is 0.387 e. The number of aliphatic hydroxyl groups is 1. The third-order valence-electron chi connectivity index (χ3n) is 4.92. The Balaban J connectivity index is 1.65. The highest BCUT2D eigenvalue weighted by atomic mass is 19.4. The van der Waals surface area contributed by atoms with Crippen molar-refractivity contribution in [2.24, 2.45) is 0 Å². The lowest BCUT2D eigenvalue weighted by atomic mass is 10.0. The maximum absolute atomic E-state index is 13.1. The van der Waals surface area contributed by atoms with Crippen LogP contribution in [-0.4, -0.2) is 26.7 Å². The van der Waals surface area contributed by atoms with Crippen LogP contribution in [0.25, 0.3) is 11.0 Å². The first-order valence-electron chi connectivity index (χ1n) is 9.53. The van der Waals surface area contributed by atoms with Gasteiger partial charge in [-0.05, 0) is 30.7 Å². The summed E-state index contributed by atoms with van der Waals surface area (Å²) in [4.78, 5) is 24.8. The molecule has 3 aromatic rings. The molecule has 0 bridgehead atoms. The monoisotopic (exact) mass is 421 g/mol. The van der Waals surface area contributed by atoms with Crippen molar-refractivity contribution < 1.29 is 23.1 Å². The number of amides is 1. The fraction of sp³-hybridized carbons (Fsp3) is 0.333. The van der Waals surface area contributed by atoms with Crippen molar-refractivity contribution in [3.05, 3.63) is 70.1 Å². The zero-order chi connectivity index (χ0) is 21.9. The van der Waals surface area contributed by atoms with Crippen molar-refractivity contribution in [3.8, 4) is 0 Å². The SMILES string of the molecule is CCn1c(=O)n(CCC(=O)NCC(O)c2ccccc2C(F)(F)F)c2ccccc21. The van der Waals surface area contributed by atoms with Gasteiger partial charge in [-0.3, -0.25) is 13.9 Å². The number of aliphatic hydroxyl groups excluding tert-OH is 1. The van der Waals surface area contributed by atoms with Crippen LogP contribution >= 0.6 is 0 Å². The van der Waals surface area contributed by atoms with Gasteiger partial charge >= 0.3 is 11.9 Å². The van der Waals surface area contributed by atoms with Gasteiger partial charge in [0.05, 0.1) is 22.7 Å². The van der Waals surface area contributed by atoms with Crippen LogP contribution in [-0.2, 0) is 24.1 Å². The third-order valence-corrected chi connectivity index (χ3v) is 4.92. The molecule has 1 amide bonds. The van der Waals surface area contributed by atoms with Crippen LogP contribution in [0.15, 0.2) is 53.3 Å². The molecule has 0 aliphatic heterocycles. The summed E-state index contributed by atoms with van der Waals surface area (Å²) in [5.74, 6) is -0.473. The van der Waals surface area contributed by atoms with Crippen molar-refractivity contribution in [2.45, 2.75) is 38.7 Å². The second-order valence-corrected chi connectivity index (χ2v) is 6.82. The number of rotatable bonds is 7. The van der Waals surface area contributed by atoms with Crippen LogP contribution in [0, 0.1) is 0 Å². The molecule has 30 heavy (non-hydrogen) atoms. The zero-order valence-corrected chi connectivity index (χ0v) is 16.3. The molecule has 0 aliphatic carbocycles. The molecule has 0 saturated heterocycles. The molecule has 9 heteroatoms. The molecular weight excluding hydrogens is 399 g/mol. The minimum atomic E-state index is -4.60. The summed E-state index contributed by atoms with van der Waals surface area (Å²) in [6.07, 6.45) is -6.15. The number of carbonyl (C=O) groups excluding carboxylic acids is 1. The number of imidazole rings is 1. The van der Waals surface area contributed by atoms with E-state index in [9.17, 15) is 27.9 Å². The predicted octanol–water partition coefficient (Wildman–Crippen LogP) is 3.08. The minimum Gasteiger partial charge on any atom is -0.387 e. The van der Waals surface area contributed by atoms with Crippen molar-refractivity contribution >= 4 is 16.9 Å². The van der Waals surface area contributed by atoms with Gasteiger partial charge in [-0.2, -0.15) is 13.2 Å². The average Bonchev–Trinajstić information content (AvgIpc) is 3.00. The number of fused-ring (bicyclic) bond motifs is 1. The first-order valence-corrected chi connectivity index (χ1v) is 9.53. The Bertz CT molecular complexity index is 1100. The maximum atomic E-state index is 13.1. The van der Waals surface area contributed by atoms with E-state index in [1.807, 2.05) is 19.1 Å². The number of aromatic nitrogens is 2. The summed E-state index contributed by atoms with van der Waals surface area (Å²) in [6.45, 7) is 2.10. The number of carbonyl (C=O) groups is 1. The fourth-order valence-corrected chi connectivity index (χ4v) is 3.46. The van der Waals surface area contributed by atoms with Gasteiger partial charge in [0.2, 0.25) is 5.91 Å². The largest absolute Gasteiger partial charge is 0.416 e. The minimum absolute atomic E-state index is 0.0503. The van der Waals surface area contributed by atoms with Crippen molar-refractivity contribution in [2.75, 3.05) is 6.54 Å². The molecular formula is C21H22F3N3O3. The van der Waals surface area contributed by atoms with E-state index in [1.54, 1.807) is 16.7 Å². The van der Waals surface area contributed by atoms with Gasteiger partial charge in [0.1, 0.15) is 0 Å². The van der Waals surface area contributed by atoms with Crippen LogP contribution in [0.4, 0.5) is 13.2 Å². The first kappa shape index (κ1) is 21.6. The average molecular weight is 421 g/mol. The number of para-hydroxylation sites is 2. The van der Waals surface area contributed by atoms with Gasteiger partial charge in [-0.15, -0.1) is 0 Å². The van der Waals surface area contributed by atoms with Crippen LogP contribution in [0.3, 0.4) is 0 Å². The molecule has 1 atom stereocenters. The van der Waals surface area contributed by atoms with Gasteiger partial charge < -0.3 is 10.4 Å². The molecule has 0 radical (unpaired) electrons. The standard InChI is InChI=1S/C21H22F3N3O3/c1-2-26-16-9-5-6-10-17(16)27(20(26)30)12-11-19(29)25-13-18(28)14-7-3-4-8-15(14)21(22,23)24/h3-10,18,28H,2,11-13H2,1H3,(H,25,29). The topological polar surface area (TPSA) is 76.3 Å². The molecule has 6 nitrogen and oxygen atoms in total. The molecule has 160 valence electrons. The number of hydrogen-bond donors (Lipinski definition) is 2. The van der Waals surface area contributed by atoms with E-state index in [2.05, 4.69) is 5.32 Å². The van der Waals surface area contributed by atoms with Gasteiger partial charge in [-0.25, -0.2) is 4.79 Å². The lowest BCUT2D eigenvalue weighted by molar-refractivity contribution is -0.139. The molecule has 3 rings (SSSR count). The summed E-state index contributed by atoms with van der Waals surface area (Å²) in [7, 11) is 0. The molecule has 2 N–H and O–H groups in total. The van der Waals surface area contributed by atoms with E-state index in [0.717, 1.165) is 11.6 Å². The maximum Gasteiger partial charge on any atom is 0.416 e. The quantitative estimate of drug-likeness (QED) is 0.616. The number of benzene rings is 2. The van der Waals surface area contributed by atoms with E-state index >= 15 is 0 Å². The lowest BCUT2D eigenvalue weighted by Crippen LogP contribution is -2.31. The van der Waals surface area contributed by atoms with Crippen LogP contribution in [0.5, 0.6) is 0 Å². The molecule has 0 fully saturated rings. The van der Waals surface area contributed by atoms with E-state index in [0.29, 0.717) is 12.1 Å². The van der Waals surface area contributed by atoms with Crippen LogP contribution < -0.4 is 11.0 Å². The Kier molecular flexibility index (Phi) is 6.31. The second kappa shape index (κ2) is 8.74. The number of aryl methyl sites for hydroxylation is 2. The Morgan fingerprint density at radius 3 is 2.30 bits per heavy atom. The summed E-state index contributed by atoms with van der Waals surface area (Å²) < 4.78 is 42.3. The summed E-state index contributed by atoms with van der Waals surface area (Å²) >= 11 is 0. The fourth-order valence-electron chi connectivity index (χ4n) is 3.46. The zero-order valence-electron chi connectivity index (χ0n) is 16.3. The first-order chi connectivity index (χ1) is 14.2. The number of halogens is 3. The number of hydrogen-bond acceptors (Lipinski definition) is 3. The molecule has 1 heterocycles. The molecule has 0 saturated carbocycles. The normalized spacial score (nSPS) is 12.8. The number of nitrogens with zero attached hydrogens (tertiary/aromatic N) is 2.